The van der Waals surface area contributed by atoms with E-state index in [1.165, 1.54) is 4.90 Å². The van der Waals surface area contributed by atoms with Crippen LogP contribution < -0.4 is 20.3 Å². The van der Waals surface area contributed by atoms with Gasteiger partial charge in [0.05, 0.1) is 18.5 Å². The van der Waals surface area contributed by atoms with Crippen molar-refractivity contribution in [2.45, 2.75) is 25.7 Å². The molecule has 3 amide bonds. The number of hydrogen-bond donors (Lipinski definition) is 2. The average Bonchev–Trinajstić information content (AvgIpc) is 3.18. The number of carbonyl (C=O) groups is 3. The van der Waals surface area contributed by atoms with Gasteiger partial charge in [-0.2, -0.15) is 0 Å². The number of nitrogens with zero attached hydrogens (tertiary/aromatic N) is 1. The van der Waals surface area contributed by atoms with Gasteiger partial charge in [-0.1, -0.05) is 59.3 Å². The molecule has 0 unspecified atom stereocenters. The number of anilines is 3. The van der Waals surface area contributed by atoms with E-state index in [1.54, 1.807) is 49.6 Å². The number of ether oxygens (including phenoxy) is 1. The minimum absolute atomic E-state index is 0.151. The molecule has 0 aliphatic carbocycles. The van der Waals surface area contributed by atoms with E-state index in [0.717, 1.165) is 28.5 Å². The second-order valence-electron chi connectivity index (χ2n) is 9.76. The highest BCUT2D eigenvalue weighted by Crippen LogP contribution is 2.39. The van der Waals surface area contributed by atoms with Gasteiger partial charge in [0.25, 0.3) is 17.7 Å². The molecule has 1 aliphatic rings. The summed E-state index contributed by atoms with van der Waals surface area (Å²) in [5, 5.41) is 6.10. The van der Waals surface area contributed by atoms with E-state index in [2.05, 4.69) is 10.6 Å². The molecule has 41 heavy (non-hydrogen) atoms. The molecule has 0 spiro atoms. The molecule has 1 heterocycles. The van der Waals surface area contributed by atoms with Crippen molar-refractivity contribution in [2.24, 2.45) is 0 Å². The summed E-state index contributed by atoms with van der Waals surface area (Å²) in [7, 11) is 1.55. The molecule has 0 saturated heterocycles. The first-order valence-electron chi connectivity index (χ1n) is 13.0. The lowest BCUT2D eigenvalue weighted by molar-refractivity contribution is -0.120. The van der Waals surface area contributed by atoms with Crippen LogP contribution in [-0.2, 0) is 9.59 Å². The number of imide groups is 1. The minimum Gasteiger partial charge on any atom is -0.495 e. The van der Waals surface area contributed by atoms with Gasteiger partial charge in [0.15, 0.2) is 0 Å². The quantitative estimate of drug-likeness (QED) is 0.228. The summed E-state index contributed by atoms with van der Waals surface area (Å²) in [6, 6.07) is 27.3. The predicted octanol–water partition coefficient (Wildman–Crippen LogP) is 6.86. The van der Waals surface area contributed by atoms with Gasteiger partial charge < -0.3 is 15.4 Å². The van der Waals surface area contributed by atoms with E-state index in [1.807, 2.05) is 69.3 Å². The maximum Gasteiger partial charge on any atom is 0.283 e. The molecule has 8 heteroatoms. The summed E-state index contributed by atoms with van der Waals surface area (Å²) in [6.07, 6.45) is 0. The molecule has 5 rings (SSSR count). The van der Waals surface area contributed by atoms with Crippen molar-refractivity contribution in [3.05, 3.63) is 124 Å². The van der Waals surface area contributed by atoms with Gasteiger partial charge in [0.2, 0.25) is 0 Å². The Hall–Kier alpha value is -4.82. The van der Waals surface area contributed by atoms with Crippen LogP contribution in [0.15, 0.2) is 106 Å². The zero-order valence-corrected chi connectivity index (χ0v) is 24.0. The first-order chi connectivity index (χ1) is 19.7. The molecule has 0 aromatic heterocycles. The molecule has 1 aliphatic heterocycles. The van der Waals surface area contributed by atoms with Crippen molar-refractivity contribution in [3.63, 3.8) is 0 Å². The largest absolute Gasteiger partial charge is 0.495 e. The molecule has 4 aromatic rings. The van der Waals surface area contributed by atoms with Crippen molar-refractivity contribution in [2.75, 3.05) is 22.6 Å². The van der Waals surface area contributed by atoms with E-state index in [9.17, 15) is 14.4 Å². The lowest BCUT2D eigenvalue weighted by Crippen LogP contribution is -2.32. The van der Waals surface area contributed by atoms with Gasteiger partial charge in [-0.3, -0.25) is 14.4 Å². The molecular weight excluding hydrogens is 534 g/mol. The predicted molar refractivity (Wildman–Crippen MR) is 163 cm³/mol. The first-order valence-corrected chi connectivity index (χ1v) is 13.8. The molecule has 0 radical (unpaired) electrons. The van der Waals surface area contributed by atoms with Crippen LogP contribution in [0.2, 0.25) is 0 Å². The Morgan fingerprint density at radius 1 is 0.780 bits per heavy atom. The van der Waals surface area contributed by atoms with E-state index in [-0.39, 0.29) is 16.5 Å². The van der Waals surface area contributed by atoms with Crippen molar-refractivity contribution in [1.82, 2.24) is 0 Å². The molecule has 0 bridgehead atoms. The number of amides is 3. The molecular formula is C33H29N3O4S. The molecule has 0 atom stereocenters. The third kappa shape index (κ3) is 6.02. The highest BCUT2D eigenvalue weighted by molar-refractivity contribution is 8.04. The van der Waals surface area contributed by atoms with Crippen molar-refractivity contribution in [1.29, 1.82) is 0 Å². The molecule has 0 saturated carbocycles. The van der Waals surface area contributed by atoms with E-state index >= 15 is 0 Å². The van der Waals surface area contributed by atoms with E-state index in [0.29, 0.717) is 33.3 Å². The van der Waals surface area contributed by atoms with Gasteiger partial charge in [0, 0.05) is 16.1 Å². The number of rotatable bonds is 8. The topological polar surface area (TPSA) is 87.7 Å². The maximum atomic E-state index is 13.8. The SMILES string of the molecule is COc1ccc(C)cc1NC1=C(Sc2cccc(NC(=O)c3ccc(C)cc3)c2)C(=O)N(c2ccc(C)cc2)C1=O. The van der Waals surface area contributed by atoms with Crippen LogP contribution in [-0.4, -0.2) is 24.8 Å². The average molecular weight is 564 g/mol. The Kier molecular flexibility index (Phi) is 7.94. The lowest BCUT2D eigenvalue weighted by atomic mass is 10.1. The Balaban J connectivity index is 1.48. The van der Waals surface area contributed by atoms with Crippen LogP contribution in [0, 0.1) is 20.8 Å². The van der Waals surface area contributed by atoms with Gasteiger partial charge in [-0.05, 0) is 80.9 Å². The molecule has 4 aromatic carbocycles. The van der Waals surface area contributed by atoms with Gasteiger partial charge in [-0.25, -0.2) is 4.90 Å². The molecule has 7 nitrogen and oxygen atoms in total. The lowest BCUT2D eigenvalue weighted by Gasteiger charge is -2.16. The Labute approximate surface area is 243 Å². The smallest absolute Gasteiger partial charge is 0.283 e. The van der Waals surface area contributed by atoms with Gasteiger partial charge in [-0.15, -0.1) is 0 Å². The van der Waals surface area contributed by atoms with E-state index < -0.39 is 11.8 Å². The summed E-state index contributed by atoms with van der Waals surface area (Å²) in [4.78, 5) is 42.4. The zero-order chi connectivity index (χ0) is 29.1. The Bertz CT molecular complexity index is 1680. The van der Waals surface area contributed by atoms with Crippen LogP contribution in [0.4, 0.5) is 17.1 Å². The molecule has 206 valence electrons. The minimum atomic E-state index is -0.464. The number of nitrogens with one attached hydrogen (secondary N) is 2. The normalized spacial score (nSPS) is 13.0. The summed E-state index contributed by atoms with van der Waals surface area (Å²) in [5.74, 6) is -0.596. The van der Waals surface area contributed by atoms with Gasteiger partial charge >= 0.3 is 0 Å². The summed E-state index contributed by atoms with van der Waals surface area (Å²) in [5.41, 5.74) is 5.37. The fraction of sp³-hybridized carbons (Fsp3) is 0.121. The van der Waals surface area contributed by atoms with Crippen LogP contribution in [0.3, 0.4) is 0 Å². The van der Waals surface area contributed by atoms with Crippen LogP contribution >= 0.6 is 11.8 Å². The maximum absolute atomic E-state index is 13.8. The second-order valence-corrected chi connectivity index (χ2v) is 10.8. The Morgan fingerprint density at radius 3 is 2.12 bits per heavy atom. The number of carbonyl (C=O) groups excluding carboxylic acids is 3. The summed E-state index contributed by atoms with van der Waals surface area (Å²) >= 11 is 1.16. The highest BCUT2D eigenvalue weighted by atomic mass is 32.2. The first kappa shape index (κ1) is 27.7. The second kappa shape index (κ2) is 11.7. The van der Waals surface area contributed by atoms with Crippen molar-refractivity contribution >= 4 is 46.5 Å². The molecule has 0 fully saturated rings. The van der Waals surface area contributed by atoms with E-state index in [4.69, 9.17) is 4.74 Å². The number of methoxy groups -OCH3 is 1. The van der Waals surface area contributed by atoms with Crippen LogP contribution in [0.1, 0.15) is 27.0 Å². The monoisotopic (exact) mass is 563 g/mol. The third-order valence-corrected chi connectivity index (χ3v) is 7.65. The third-order valence-electron chi connectivity index (χ3n) is 6.57. The Morgan fingerprint density at radius 2 is 1.44 bits per heavy atom. The van der Waals surface area contributed by atoms with Crippen LogP contribution in [0.25, 0.3) is 0 Å². The summed E-state index contributed by atoms with van der Waals surface area (Å²) in [6.45, 7) is 5.84. The van der Waals surface area contributed by atoms with Crippen molar-refractivity contribution < 1.29 is 19.1 Å². The van der Waals surface area contributed by atoms with Crippen molar-refractivity contribution in [3.8, 4) is 5.75 Å². The fourth-order valence-electron chi connectivity index (χ4n) is 4.36. The zero-order valence-electron chi connectivity index (χ0n) is 23.1. The number of hydrogen-bond acceptors (Lipinski definition) is 6. The van der Waals surface area contributed by atoms with Crippen LogP contribution in [0.5, 0.6) is 5.75 Å². The van der Waals surface area contributed by atoms with Gasteiger partial charge in [0.1, 0.15) is 16.4 Å². The highest BCUT2D eigenvalue weighted by Gasteiger charge is 2.40. The fourth-order valence-corrected chi connectivity index (χ4v) is 5.35. The summed E-state index contributed by atoms with van der Waals surface area (Å²) < 4.78 is 5.50. The number of aryl methyl sites for hydroxylation is 3. The number of benzene rings is 4. The standard InChI is InChI=1S/C33H29N3O4S/c1-20-8-13-23(14-9-20)31(37)34-24-6-5-7-26(19-24)41-30-29(35-27-18-22(3)12-17-28(27)40-4)32(38)36(33(30)39)25-15-10-21(2)11-16-25/h5-19,35H,1-4H3,(H,34,37). The molecule has 2 N–H and O–H groups in total. The number of thioether (sulfide) groups is 1.